The van der Waals surface area contributed by atoms with Gasteiger partial charge < -0.3 is 14.8 Å². The first kappa shape index (κ1) is 33.4. The molecule has 162 valence electrons. The van der Waals surface area contributed by atoms with Gasteiger partial charge in [0.25, 0.3) is 0 Å². The van der Waals surface area contributed by atoms with E-state index in [1.54, 1.807) is 0 Å². The van der Waals surface area contributed by atoms with Crippen molar-refractivity contribution in [1.29, 1.82) is 0 Å². The van der Waals surface area contributed by atoms with Crippen molar-refractivity contribution in [1.82, 2.24) is 0 Å². The Kier molecular flexibility index (Phi) is 24.5. The number of aliphatic hydroxyl groups excluding tert-OH is 2. The number of hydrogen-bond donors (Lipinski definition) is 2. The maximum absolute atomic E-state index is 10.4. The largest absolute Gasteiger partial charge is 1.00 e. The van der Waals surface area contributed by atoms with Gasteiger partial charge in [0.15, 0.2) is 0 Å². The molecule has 20 heteroatoms. The summed E-state index contributed by atoms with van der Waals surface area (Å²) < 4.78 is 94.1. The average molecular weight is 553 g/mol. The molecule has 0 spiro atoms. The molecule has 1 aliphatic rings. The van der Waals surface area contributed by atoms with Crippen LogP contribution in [0.4, 0.5) is 4.39 Å². The molecule has 3 atom stereocenters. The van der Waals surface area contributed by atoms with Gasteiger partial charge in [-0.3, -0.25) is 12.8 Å². The summed E-state index contributed by atoms with van der Waals surface area (Å²) in [5.74, 6) is -1.30. The zero-order chi connectivity index (χ0) is 22.3. The van der Waals surface area contributed by atoms with E-state index in [9.17, 15) is 30.0 Å². The second kappa shape index (κ2) is 19.7. The smallest absolute Gasteiger partial charge is 0.748 e. The third-order valence-corrected chi connectivity index (χ3v) is 4.26. The third-order valence-electron chi connectivity index (χ3n) is 1.56. The molecule has 0 radical (unpaired) electrons. The Morgan fingerprint density at radius 2 is 1.85 bits per heavy atom. The normalized spacial score (nSPS) is 20.4. The van der Waals surface area contributed by atoms with Crippen LogP contribution in [0.15, 0.2) is 0 Å². The number of halogens is 4. The van der Waals surface area contributed by atoms with Crippen molar-refractivity contribution < 1.29 is 83.7 Å². The van der Waals surface area contributed by atoms with Gasteiger partial charge in [0.2, 0.25) is 18.3 Å². The Balaban J connectivity index is -0.000000153. The molecule has 1 heterocycles. The van der Waals surface area contributed by atoms with Gasteiger partial charge in [0.05, 0.1) is 49.5 Å². The van der Waals surface area contributed by atoms with Crippen molar-refractivity contribution in [2.45, 2.75) is 12.2 Å². The molecule has 0 aliphatic carbocycles. The van der Waals surface area contributed by atoms with Gasteiger partial charge in [-0.05, 0) is 0 Å². The first-order chi connectivity index (χ1) is 12.1. The van der Waals surface area contributed by atoms with Crippen LogP contribution in [-0.4, -0.2) is 84.1 Å². The molecular weight excluding hydrogens is 537 g/mol. The summed E-state index contributed by atoms with van der Waals surface area (Å²) in [5.41, 5.74) is 0. The van der Waals surface area contributed by atoms with Crippen LogP contribution in [0, 0.1) is 0 Å². The predicted octanol–water partition coefficient (Wildman–Crippen LogP) is -3.93. The zero-order valence-electron chi connectivity index (χ0n) is 14.4. The first-order valence-corrected chi connectivity index (χ1v) is 13.4. The summed E-state index contributed by atoms with van der Waals surface area (Å²) in [7, 11) is 3.26. The summed E-state index contributed by atoms with van der Waals surface area (Å²) in [4.78, 5) is 0. The van der Waals surface area contributed by atoms with Crippen LogP contribution in [0.5, 0.6) is 0 Å². The molecule has 0 saturated carbocycles. The summed E-state index contributed by atoms with van der Waals surface area (Å²) in [6, 6.07) is 0. The Morgan fingerprint density at radius 1 is 1.44 bits per heavy atom. The molecule has 2 N–H and O–H groups in total. The molecular formula is C7H15Cl3FNaO11S4. The standard InChI is InChI=1S/C3H5ClO5S2.C3H8O5S.CH3F.Cl2OS.Na/c4-11(6,7)2-3-1-8-10(5)9-3;4-1-3(5)2-9(6,7)8;1-2;1-4(2)3;/h3H,1-2H2;3-5H,1-2H2,(H,6,7,8);1H3;;/q;;;;+1/p-1/i;;1D;;. The predicted molar refractivity (Wildman–Crippen MR) is 93.1 cm³/mol. The van der Waals surface area contributed by atoms with Crippen LogP contribution in [0.2, 0.25) is 0 Å². The Labute approximate surface area is 198 Å². The quantitative estimate of drug-likeness (QED) is 0.193. The minimum Gasteiger partial charge on any atom is -0.748 e. The summed E-state index contributed by atoms with van der Waals surface area (Å²) in [5, 5.41) is 16.4. The minimum atomic E-state index is -4.40. The Morgan fingerprint density at radius 3 is 2.04 bits per heavy atom. The van der Waals surface area contributed by atoms with Gasteiger partial charge in [-0.25, -0.2) is 21.0 Å². The number of alkyl halides is 1. The molecule has 1 aliphatic heterocycles. The van der Waals surface area contributed by atoms with Crippen molar-refractivity contribution >= 4 is 71.8 Å². The maximum atomic E-state index is 10.4. The summed E-state index contributed by atoms with van der Waals surface area (Å²) in [6.07, 6.45) is -2.16. The molecule has 0 amide bonds. The fourth-order valence-corrected chi connectivity index (χ4v) is 3.24. The second-order valence-corrected chi connectivity index (χ2v) is 11.3. The number of aliphatic hydroxyl groups is 2. The van der Waals surface area contributed by atoms with Crippen molar-refractivity contribution in [3.63, 3.8) is 0 Å². The monoisotopic (exact) mass is 551 g/mol. The van der Waals surface area contributed by atoms with Gasteiger partial charge >= 0.3 is 40.9 Å². The van der Waals surface area contributed by atoms with E-state index in [1.165, 1.54) is 0 Å². The topological polar surface area (TPSA) is 184 Å². The van der Waals surface area contributed by atoms with Crippen LogP contribution in [-0.2, 0) is 48.1 Å². The Bertz CT molecular complexity index is 636. The van der Waals surface area contributed by atoms with Crippen LogP contribution in [0.25, 0.3) is 0 Å². The molecule has 3 unspecified atom stereocenters. The van der Waals surface area contributed by atoms with Gasteiger partial charge in [-0.1, -0.05) is 0 Å². The average Bonchev–Trinajstić information content (AvgIpc) is 2.80. The van der Waals surface area contributed by atoms with Crippen LogP contribution in [0.3, 0.4) is 0 Å². The third kappa shape index (κ3) is 35.6. The molecule has 0 aromatic heterocycles. The molecule has 1 fully saturated rings. The molecule has 0 aromatic rings. The van der Waals surface area contributed by atoms with Crippen molar-refractivity contribution in [2.75, 3.05) is 31.9 Å². The SMILES string of the molecule is O=S(=O)([O-])CC(O)CO.O=S(Cl)Cl.O=S1OCC(CS(=O)(=O)Cl)O1.[2H]CF.[Na+]. The molecule has 11 nitrogen and oxygen atoms in total. The fraction of sp³-hybridized carbons (Fsp3) is 1.00. The molecule has 0 bridgehead atoms. The van der Waals surface area contributed by atoms with E-state index in [2.05, 4.69) is 29.7 Å². The molecule has 27 heavy (non-hydrogen) atoms. The van der Waals surface area contributed by atoms with E-state index < -0.39 is 71.5 Å². The maximum Gasteiger partial charge on any atom is 1.00 e. The van der Waals surface area contributed by atoms with Crippen molar-refractivity contribution in [2.24, 2.45) is 0 Å². The summed E-state index contributed by atoms with van der Waals surface area (Å²) in [6.45, 7) is -0.708. The van der Waals surface area contributed by atoms with Crippen molar-refractivity contribution in [3.05, 3.63) is 0 Å². The van der Waals surface area contributed by atoms with Gasteiger partial charge in [0, 0.05) is 32.0 Å². The first-order valence-electron chi connectivity index (χ1n) is 6.25. The fourth-order valence-electron chi connectivity index (χ4n) is 0.884. The second-order valence-electron chi connectivity index (χ2n) is 3.66. The Hall–Kier alpha value is 1.80. The van der Waals surface area contributed by atoms with E-state index in [0.717, 1.165) is 0 Å². The van der Waals surface area contributed by atoms with Crippen LogP contribution < -0.4 is 29.6 Å². The molecule has 0 aromatic carbocycles. The van der Waals surface area contributed by atoms with Gasteiger partial charge in [-0.2, -0.15) is 4.21 Å². The van der Waals surface area contributed by atoms with E-state index in [0.29, 0.717) is 0 Å². The zero-order valence-corrected chi connectivity index (χ0v) is 20.9. The molecule has 1 saturated heterocycles. The number of hydrogen-bond acceptors (Lipinski definition) is 11. The van der Waals surface area contributed by atoms with Gasteiger partial charge in [-0.15, -0.1) is 0 Å². The summed E-state index contributed by atoms with van der Waals surface area (Å²) >= 11 is -1.81. The number of rotatable bonds is 5. The van der Waals surface area contributed by atoms with E-state index in [4.69, 9.17) is 26.5 Å². The molecule has 1 rings (SSSR count). The minimum absolute atomic E-state index is 0. The van der Waals surface area contributed by atoms with E-state index in [1.807, 2.05) is 0 Å². The van der Waals surface area contributed by atoms with Crippen LogP contribution in [0.1, 0.15) is 1.37 Å². The van der Waals surface area contributed by atoms with Crippen LogP contribution >= 0.6 is 32.0 Å². The van der Waals surface area contributed by atoms with Gasteiger partial charge in [0.1, 0.15) is 6.10 Å². The van der Waals surface area contributed by atoms with E-state index >= 15 is 0 Å². The van der Waals surface area contributed by atoms with E-state index in [-0.39, 0.29) is 41.9 Å². The van der Waals surface area contributed by atoms with Crippen molar-refractivity contribution in [3.8, 4) is 0 Å².